The van der Waals surface area contributed by atoms with Crippen LogP contribution in [-0.4, -0.2) is 27.1 Å². The molecule has 0 heterocycles. The summed E-state index contributed by atoms with van der Waals surface area (Å²) in [6.45, 7) is 5.33. The Morgan fingerprint density at radius 1 is 0.935 bits per heavy atom. The van der Waals surface area contributed by atoms with Crippen LogP contribution in [0, 0.1) is 20.8 Å². The fourth-order valence-electron chi connectivity index (χ4n) is 3.02. The Morgan fingerprint density at radius 3 is 2.29 bits per heavy atom. The zero-order chi connectivity index (χ0) is 22.4. The lowest BCUT2D eigenvalue weighted by Gasteiger charge is -2.26. The second-order valence-corrected chi connectivity index (χ2v) is 9.11. The van der Waals surface area contributed by atoms with Gasteiger partial charge in [0.15, 0.2) is 0 Å². The predicted molar refractivity (Wildman–Crippen MR) is 124 cm³/mol. The van der Waals surface area contributed by atoms with Crippen LogP contribution in [-0.2, 0) is 14.8 Å². The van der Waals surface area contributed by atoms with Crippen LogP contribution in [0.3, 0.4) is 0 Å². The molecule has 0 bridgehead atoms. The highest BCUT2D eigenvalue weighted by Crippen LogP contribution is 2.28. The lowest BCUT2D eigenvalue weighted by Crippen LogP contribution is -2.40. The first-order valence-electron chi connectivity index (χ1n) is 9.81. The topological polar surface area (TPSA) is 78.8 Å². The van der Waals surface area contributed by atoms with E-state index in [1.807, 2.05) is 51.1 Å². The lowest BCUT2D eigenvalue weighted by atomic mass is 10.1. The average molecular weight is 436 g/mol. The molecule has 0 radical (unpaired) electrons. The van der Waals surface area contributed by atoms with E-state index in [4.69, 9.17) is 0 Å². The van der Waals surface area contributed by atoms with Crippen LogP contribution in [0.4, 0.5) is 5.69 Å². The van der Waals surface area contributed by atoms with E-state index in [2.05, 4.69) is 10.5 Å². The van der Waals surface area contributed by atoms with Gasteiger partial charge < -0.3 is 0 Å². The van der Waals surface area contributed by atoms with Gasteiger partial charge in [-0.05, 0) is 55.7 Å². The number of carbonyl (C=O) groups is 1. The Morgan fingerprint density at radius 2 is 1.61 bits per heavy atom. The molecule has 1 amide bonds. The lowest BCUT2D eigenvalue weighted by molar-refractivity contribution is -0.119. The second-order valence-electron chi connectivity index (χ2n) is 7.25. The molecule has 0 aliphatic carbocycles. The number of sulfonamides is 1. The molecule has 0 saturated heterocycles. The maximum absolute atomic E-state index is 13.4. The van der Waals surface area contributed by atoms with Crippen LogP contribution >= 0.6 is 0 Å². The number of nitrogens with zero attached hydrogens (tertiary/aromatic N) is 2. The fourth-order valence-corrected chi connectivity index (χ4v) is 4.52. The Labute approximate surface area is 183 Å². The van der Waals surface area contributed by atoms with E-state index in [9.17, 15) is 13.2 Å². The number of hydrazone groups is 1. The summed E-state index contributed by atoms with van der Waals surface area (Å²) in [7, 11) is -3.95. The minimum Gasteiger partial charge on any atom is -0.271 e. The van der Waals surface area contributed by atoms with Crippen molar-refractivity contribution < 1.29 is 13.2 Å². The quantitative estimate of drug-likeness (QED) is 0.451. The van der Waals surface area contributed by atoms with Crippen molar-refractivity contribution >= 4 is 27.8 Å². The SMILES string of the molecule is Cc1ccc(/C=N\NC(=O)CN(c2cccc(C)c2C)S(=O)(=O)c2ccccc2)cc1. The molecule has 0 unspecified atom stereocenters. The molecule has 3 aromatic carbocycles. The summed E-state index contributed by atoms with van der Waals surface area (Å²) in [6, 6.07) is 21.1. The fraction of sp³-hybridized carbons (Fsp3) is 0.167. The molecule has 6 nitrogen and oxygen atoms in total. The number of hydrogen-bond acceptors (Lipinski definition) is 4. The highest BCUT2D eigenvalue weighted by atomic mass is 32.2. The summed E-state index contributed by atoms with van der Waals surface area (Å²) < 4.78 is 27.9. The largest absolute Gasteiger partial charge is 0.271 e. The number of rotatable bonds is 7. The number of anilines is 1. The van der Waals surface area contributed by atoms with Gasteiger partial charge in [0, 0.05) is 0 Å². The van der Waals surface area contributed by atoms with Crippen molar-refractivity contribution in [3.05, 3.63) is 95.1 Å². The molecule has 3 rings (SSSR count). The van der Waals surface area contributed by atoms with E-state index in [1.54, 1.807) is 30.3 Å². The number of aryl methyl sites for hydroxylation is 2. The summed E-state index contributed by atoms with van der Waals surface area (Å²) in [5, 5.41) is 3.97. The third-order valence-electron chi connectivity index (χ3n) is 4.94. The van der Waals surface area contributed by atoms with Crippen LogP contribution in [0.15, 0.2) is 82.8 Å². The highest BCUT2D eigenvalue weighted by molar-refractivity contribution is 7.92. The molecule has 31 heavy (non-hydrogen) atoms. The summed E-state index contributed by atoms with van der Waals surface area (Å²) in [6.07, 6.45) is 1.52. The molecule has 0 atom stereocenters. The van der Waals surface area contributed by atoms with Gasteiger partial charge in [0.1, 0.15) is 6.54 Å². The van der Waals surface area contributed by atoms with Crippen LogP contribution in [0.5, 0.6) is 0 Å². The van der Waals surface area contributed by atoms with Crippen molar-refractivity contribution in [3.8, 4) is 0 Å². The van der Waals surface area contributed by atoms with E-state index in [-0.39, 0.29) is 4.90 Å². The first-order valence-corrected chi connectivity index (χ1v) is 11.3. The first kappa shape index (κ1) is 22.2. The Balaban J connectivity index is 1.87. The van der Waals surface area contributed by atoms with Gasteiger partial charge in [-0.25, -0.2) is 13.8 Å². The van der Waals surface area contributed by atoms with Crippen LogP contribution in [0.2, 0.25) is 0 Å². The van der Waals surface area contributed by atoms with Crippen molar-refractivity contribution in [3.63, 3.8) is 0 Å². The molecule has 0 spiro atoms. The standard InChI is InChI=1S/C24H25N3O3S/c1-18-12-14-21(15-13-18)16-25-26-24(28)17-27(23-11-7-8-19(2)20(23)3)31(29,30)22-9-5-4-6-10-22/h4-16H,17H2,1-3H3,(H,26,28)/b25-16-. The molecule has 1 N–H and O–H groups in total. The van der Waals surface area contributed by atoms with Crippen LogP contribution in [0.25, 0.3) is 0 Å². The molecular formula is C24H25N3O3S. The number of amides is 1. The number of hydrogen-bond donors (Lipinski definition) is 1. The molecule has 0 saturated carbocycles. The highest BCUT2D eigenvalue weighted by Gasteiger charge is 2.28. The van der Waals surface area contributed by atoms with Gasteiger partial charge in [-0.2, -0.15) is 5.10 Å². The minimum absolute atomic E-state index is 0.117. The van der Waals surface area contributed by atoms with Gasteiger partial charge in [0.05, 0.1) is 16.8 Å². The van der Waals surface area contributed by atoms with Crippen molar-refractivity contribution in [2.24, 2.45) is 5.10 Å². The van der Waals surface area contributed by atoms with E-state index in [0.717, 1.165) is 26.6 Å². The summed E-state index contributed by atoms with van der Waals surface area (Å²) in [4.78, 5) is 12.7. The molecule has 0 fully saturated rings. The van der Waals surface area contributed by atoms with Crippen molar-refractivity contribution in [2.45, 2.75) is 25.7 Å². The smallest absolute Gasteiger partial charge is 0.264 e. The van der Waals surface area contributed by atoms with E-state index in [1.165, 1.54) is 18.3 Å². The predicted octanol–water partition coefficient (Wildman–Crippen LogP) is 3.96. The van der Waals surface area contributed by atoms with E-state index in [0.29, 0.717) is 5.69 Å². The van der Waals surface area contributed by atoms with Crippen molar-refractivity contribution in [2.75, 3.05) is 10.8 Å². The maximum Gasteiger partial charge on any atom is 0.264 e. The molecule has 0 aliphatic heterocycles. The third kappa shape index (κ3) is 5.38. The van der Waals surface area contributed by atoms with Crippen molar-refractivity contribution in [1.29, 1.82) is 0 Å². The number of benzene rings is 3. The average Bonchev–Trinajstić information content (AvgIpc) is 2.76. The molecule has 0 aliphatic rings. The molecule has 3 aromatic rings. The maximum atomic E-state index is 13.4. The monoisotopic (exact) mass is 435 g/mol. The normalized spacial score (nSPS) is 11.5. The molecular weight excluding hydrogens is 410 g/mol. The Kier molecular flexibility index (Phi) is 6.87. The zero-order valence-electron chi connectivity index (χ0n) is 17.7. The molecule has 160 valence electrons. The van der Waals surface area contributed by atoms with Gasteiger partial charge in [-0.15, -0.1) is 0 Å². The number of carbonyl (C=O) groups excluding carboxylic acids is 1. The Bertz CT molecular complexity index is 1190. The van der Waals surface area contributed by atoms with E-state index >= 15 is 0 Å². The first-order chi connectivity index (χ1) is 14.8. The third-order valence-corrected chi connectivity index (χ3v) is 6.72. The minimum atomic E-state index is -3.95. The molecule has 7 heteroatoms. The van der Waals surface area contributed by atoms with E-state index < -0.39 is 22.5 Å². The van der Waals surface area contributed by atoms with Gasteiger partial charge in [-0.3, -0.25) is 9.10 Å². The van der Waals surface area contributed by atoms with Crippen LogP contribution in [0.1, 0.15) is 22.3 Å². The van der Waals surface area contributed by atoms with Gasteiger partial charge >= 0.3 is 0 Å². The van der Waals surface area contributed by atoms with Crippen LogP contribution < -0.4 is 9.73 Å². The van der Waals surface area contributed by atoms with Gasteiger partial charge in [0.25, 0.3) is 15.9 Å². The zero-order valence-corrected chi connectivity index (χ0v) is 18.6. The van der Waals surface area contributed by atoms with Gasteiger partial charge in [-0.1, -0.05) is 60.2 Å². The Hall–Kier alpha value is -3.45. The number of nitrogens with one attached hydrogen (secondary N) is 1. The molecule has 0 aromatic heterocycles. The second kappa shape index (κ2) is 9.57. The summed E-state index contributed by atoms with van der Waals surface area (Å²) in [5.41, 5.74) is 6.56. The van der Waals surface area contributed by atoms with Gasteiger partial charge in [0.2, 0.25) is 0 Å². The summed E-state index contributed by atoms with van der Waals surface area (Å²) >= 11 is 0. The van der Waals surface area contributed by atoms with Crippen molar-refractivity contribution in [1.82, 2.24) is 5.43 Å². The summed E-state index contributed by atoms with van der Waals surface area (Å²) in [5.74, 6) is -0.538.